The van der Waals surface area contributed by atoms with Crippen molar-refractivity contribution in [3.63, 3.8) is 0 Å². The van der Waals surface area contributed by atoms with Crippen LogP contribution in [0.3, 0.4) is 0 Å². The van der Waals surface area contributed by atoms with Gasteiger partial charge in [0.2, 0.25) is 0 Å². The molecule has 3 aromatic rings. The average Bonchev–Trinajstić information content (AvgIpc) is 3.18. The van der Waals surface area contributed by atoms with Crippen molar-refractivity contribution in [1.29, 1.82) is 0 Å². The Bertz CT molecular complexity index is 993. The minimum absolute atomic E-state index is 0.162. The Labute approximate surface area is 170 Å². The maximum absolute atomic E-state index is 12.6. The van der Waals surface area contributed by atoms with E-state index in [2.05, 4.69) is 21.3 Å². The zero-order chi connectivity index (χ0) is 18.8. The fraction of sp³-hybridized carbons (Fsp3) is 0.158. The topological polar surface area (TPSA) is 54.5 Å². The van der Waals surface area contributed by atoms with Crippen LogP contribution in [0.4, 0.5) is 16.4 Å². The summed E-state index contributed by atoms with van der Waals surface area (Å²) in [7, 11) is 1.55. The van der Waals surface area contributed by atoms with Crippen LogP contribution >= 0.6 is 34.7 Å². The second-order valence-corrected chi connectivity index (χ2v) is 8.32. The van der Waals surface area contributed by atoms with Gasteiger partial charge in [0.05, 0.1) is 27.7 Å². The number of hydrogen-bond acceptors (Lipinski definition) is 6. The summed E-state index contributed by atoms with van der Waals surface area (Å²) in [6.07, 6.45) is 1.81. The summed E-state index contributed by atoms with van der Waals surface area (Å²) in [5.74, 6) is 1.38. The van der Waals surface area contributed by atoms with E-state index >= 15 is 0 Å². The van der Waals surface area contributed by atoms with Crippen LogP contribution in [0.2, 0.25) is 5.02 Å². The molecule has 8 heteroatoms. The minimum atomic E-state index is -0.162. The Balaban J connectivity index is 1.53. The standard InChI is InChI=1S/C19H16ClN3O2S2/c1-25-15-5-4-12(11-13(15)20)22-18(24)16-6-7-17(27-16)23-9-10-26-19-14(23)3-2-8-21-19/h2-8,11H,9-10H2,1H3,(H,22,24). The number of pyridine rings is 1. The first-order chi connectivity index (χ1) is 13.2. The number of fused-ring (bicyclic) bond motifs is 1. The fourth-order valence-electron chi connectivity index (χ4n) is 2.81. The van der Waals surface area contributed by atoms with Gasteiger partial charge >= 0.3 is 0 Å². The number of halogens is 1. The quantitative estimate of drug-likeness (QED) is 0.624. The molecule has 27 heavy (non-hydrogen) atoms. The van der Waals surface area contributed by atoms with Crippen molar-refractivity contribution in [2.45, 2.75) is 5.03 Å². The molecular formula is C19H16ClN3O2S2. The van der Waals surface area contributed by atoms with Crippen LogP contribution in [0.25, 0.3) is 0 Å². The van der Waals surface area contributed by atoms with Crippen LogP contribution in [-0.2, 0) is 0 Å². The highest BCUT2D eigenvalue weighted by Gasteiger charge is 2.22. The number of carbonyl (C=O) groups excluding carboxylic acids is 1. The summed E-state index contributed by atoms with van der Waals surface area (Å²) in [5, 5.41) is 5.39. The number of carbonyl (C=O) groups is 1. The lowest BCUT2D eigenvalue weighted by Crippen LogP contribution is -2.23. The van der Waals surface area contributed by atoms with E-state index in [0.29, 0.717) is 21.3 Å². The third-order valence-electron chi connectivity index (χ3n) is 4.09. The Morgan fingerprint density at radius 2 is 2.19 bits per heavy atom. The molecule has 1 N–H and O–H groups in total. The number of thiophene rings is 1. The zero-order valence-corrected chi connectivity index (χ0v) is 16.8. The van der Waals surface area contributed by atoms with E-state index in [1.165, 1.54) is 11.3 Å². The lowest BCUT2D eigenvalue weighted by atomic mass is 10.3. The van der Waals surface area contributed by atoms with Crippen molar-refractivity contribution < 1.29 is 9.53 Å². The molecule has 5 nitrogen and oxygen atoms in total. The number of nitrogens with one attached hydrogen (secondary N) is 1. The van der Waals surface area contributed by atoms with E-state index in [-0.39, 0.29) is 5.91 Å². The first-order valence-electron chi connectivity index (χ1n) is 8.26. The van der Waals surface area contributed by atoms with Gasteiger partial charge in [0.25, 0.3) is 5.91 Å². The molecule has 1 aliphatic rings. The molecular weight excluding hydrogens is 402 g/mol. The van der Waals surface area contributed by atoms with E-state index in [4.69, 9.17) is 16.3 Å². The van der Waals surface area contributed by atoms with Crippen LogP contribution < -0.4 is 15.0 Å². The minimum Gasteiger partial charge on any atom is -0.495 e. The maximum Gasteiger partial charge on any atom is 0.265 e. The highest BCUT2D eigenvalue weighted by Crippen LogP contribution is 2.40. The zero-order valence-electron chi connectivity index (χ0n) is 14.4. The number of rotatable bonds is 4. The first-order valence-corrected chi connectivity index (χ1v) is 10.4. The molecule has 2 aromatic heterocycles. The number of thioether (sulfide) groups is 1. The largest absolute Gasteiger partial charge is 0.495 e. The molecule has 0 aliphatic carbocycles. The first kappa shape index (κ1) is 18.2. The molecule has 0 bridgehead atoms. The molecule has 1 amide bonds. The summed E-state index contributed by atoms with van der Waals surface area (Å²) in [6.45, 7) is 0.888. The van der Waals surface area contributed by atoms with E-state index < -0.39 is 0 Å². The van der Waals surface area contributed by atoms with E-state index in [0.717, 1.165) is 28.0 Å². The maximum atomic E-state index is 12.6. The number of benzene rings is 1. The van der Waals surface area contributed by atoms with Crippen molar-refractivity contribution in [2.24, 2.45) is 0 Å². The summed E-state index contributed by atoms with van der Waals surface area (Å²) >= 11 is 9.34. The van der Waals surface area contributed by atoms with Crippen LogP contribution in [0.5, 0.6) is 5.75 Å². The number of aromatic nitrogens is 1. The number of ether oxygens (including phenoxy) is 1. The molecule has 1 aromatic carbocycles. The van der Waals surface area contributed by atoms with Crippen LogP contribution in [0.1, 0.15) is 9.67 Å². The molecule has 0 saturated heterocycles. The highest BCUT2D eigenvalue weighted by atomic mass is 35.5. The summed E-state index contributed by atoms with van der Waals surface area (Å²) in [6, 6.07) is 13.0. The third kappa shape index (κ3) is 3.76. The molecule has 3 heterocycles. The summed E-state index contributed by atoms with van der Waals surface area (Å²) in [4.78, 5) is 19.9. The Morgan fingerprint density at radius 3 is 3.00 bits per heavy atom. The van der Waals surface area contributed by atoms with Gasteiger partial charge in [0.1, 0.15) is 10.8 Å². The predicted octanol–water partition coefficient (Wildman–Crippen LogP) is 5.30. The molecule has 138 valence electrons. The van der Waals surface area contributed by atoms with Crippen LogP contribution in [0.15, 0.2) is 53.7 Å². The van der Waals surface area contributed by atoms with Gasteiger partial charge in [-0.2, -0.15) is 0 Å². The van der Waals surface area contributed by atoms with E-state index in [1.54, 1.807) is 37.1 Å². The van der Waals surface area contributed by atoms with Crippen LogP contribution in [-0.4, -0.2) is 30.3 Å². The Hall–Kier alpha value is -2.22. The molecule has 0 unspecified atom stereocenters. The Morgan fingerprint density at radius 1 is 1.30 bits per heavy atom. The van der Waals surface area contributed by atoms with Gasteiger partial charge in [0.15, 0.2) is 0 Å². The molecule has 0 atom stereocenters. The predicted molar refractivity (Wildman–Crippen MR) is 112 cm³/mol. The molecule has 4 rings (SSSR count). The second-order valence-electron chi connectivity index (χ2n) is 5.77. The van der Waals surface area contributed by atoms with Crippen LogP contribution in [0, 0.1) is 0 Å². The third-order valence-corrected chi connectivity index (χ3v) is 6.46. The number of amides is 1. The van der Waals surface area contributed by atoms with Crippen molar-refractivity contribution >= 4 is 57.0 Å². The van der Waals surface area contributed by atoms with Gasteiger partial charge in [-0.3, -0.25) is 4.79 Å². The van der Waals surface area contributed by atoms with Gasteiger partial charge < -0.3 is 15.0 Å². The Kier molecular flexibility index (Phi) is 5.24. The van der Waals surface area contributed by atoms with Gasteiger partial charge in [0, 0.05) is 24.2 Å². The smallest absolute Gasteiger partial charge is 0.265 e. The van der Waals surface area contributed by atoms with Crippen molar-refractivity contribution in [1.82, 2.24) is 4.98 Å². The number of anilines is 3. The number of nitrogens with zero attached hydrogens (tertiary/aromatic N) is 2. The second kappa shape index (κ2) is 7.80. The lowest BCUT2D eigenvalue weighted by molar-refractivity contribution is 0.103. The summed E-state index contributed by atoms with van der Waals surface area (Å²) < 4.78 is 5.13. The number of methoxy groups -OCH3 is 1. The molecule has 0 saturated carbocycles. The lowest BCUT2D eigenvalue weighted by Gasteiger charge is -2.28. The molecule has 0 radical (unpaired) electrons. The normalized spacial score (nSPS) is 13.2. The van der Waals surface area contributed by atoms with Gasteiger partial charge in [-0.1, -0.05) is 11.6 Å². The van der Waals surface area contributed by atoms with E-state index in [1.807, 2.05) is 24.4 Å². The van der Waals surface area contributed by atoms with Gasteiger partial charge in [-0.05, 0) is 42.5 Å². The van der Waals surface area contributed by atoms with Gasteiger partial charge in [-0.25, -0.2) is 4.98 Å². The highest BCUT2D eigenvalue weighted by molar-refractivity contribution is 7.99. The average molecular weight is 418 g/mol. The SMILES string of the molecule is COc1ccc(NC(=O)c2ccc(N3CCSc4ncccc43)s2)cc1Cl. The molecule has 0 fully saturated rings. The van der Waals surface area contributed by atoms with Crippen molar-refractivity contribution in [3.05, 3.63) is 58.6 Å². The molecule has 1 aliphatic heterocycles. The molecule has 0 spiro atoms. The van der Waals surface area contributed by atoms with E-state index in [9.17, 15) is 4.79 Å². The van der Waals surface area contributed by atoms with Crippen molar-refractivity contribution in [3.8, 4) is 5.75 Å². The number of hydrogen-bond donors (Lipinski definition) is 1. The monoisotopic (exact) mass is 417 g/mol. The fourth-order valence-corrected chi connectivity index (χ4v) is 4.94. The summed E-state index contributed by atoms with van der Waals surface area (Å²) in [5.41, 5.74) is 1.72. The van der Waals surface area contributed by atoms with Crippen molar-refractivity contribution in [2.75, 3.05) is 29.6 Å². The van der Waals surface area contributed by atoms with Gasteiger partial charge in [-0.15, -0.1) is 23.1 Å².